The first-order chi connectivity index (χ1) is 15.8. The summed E-state index contributed by atoms with van der Waals surface area (Å²) in [5, 5.41) is 16.0. The third kappa shape index (κ3) is 8.98. The number of rotatable bonds is 3. The fourth-order valence-electron chi connectivity index (χ4n) is 4.37. The quantitative estimate of drug-likeness (QED) is 0.631. The summed E-state index contributed by atoms with van der Waals surface area (Å²) in [5.41, 5.74) is -0.219. The van der Waals surface area contributed by atoms with Gasteiger partial charge in [0.05, 0.1) is 18.3 Å². The van der Waals surface area contributed by atoms with E-state index in [4.69, 9.17) is 14.9 Å². The summed E-state index contributed by atoms with van der Waals surface area (Å²) in [5.74, 6) is 1.21. The Morgan fingerprint density at radius 1 is 1.00 bits per heavy atom. The van der Waals surface area contributed by atoms with Crippen LogP contribution in [0, 0.1) is 11.8 Å². The molecule has 2 aliphatic heterocycles. The zero-order chi connectivity index (χ0) is 25.5. The minimum Gasteiger partial charge on any atom is -0.444 e. The number of halogens is 3. The summed E-state index contributed by atoms with van der Waals surface area (Å²) >= 11 is 0. The van der Waals surface area contributed by atoms with Gasteiger partial charge in [0.25, 0.3) is 0 Å². The minimum absolute atomic E-state index is 0.139. The van der Waals surface area contributed by atoms with Crippen molar-refractivity contribution in [1.82, 2.24) is 4.90 Å². The number of amides is 1. The van der Waals surface area contributed by atoms with E-state index in [0.717, 1.165) is 69.7 Å². The summed E-state index contributed by atoms with van der Waals surface area (Å²) in [6.07, 6.45) is -1.02. The van der Waals surface area contributed by atoms with Crippen LogP contribution in [0.2, 0.25) is 0 Å². The summed E-state index contributed by atoms with van der Waals surface area (Å²) in [7, 11) is 0. The number of benzene rings is 1. The summed E-state index contributed by atoms with van der Waals surface area (Å²) in [6.45, 7) is 10.2. The molecule has 2 fully saturated rings. The first-order valence-electron chi connectivity index (χ1n) is 12.0. The van der Waals surface area contributed by atoms with Gasteiger partial charge in [-0.15, -0.1) is 0 Å². The van der Waals surface area contributed by atoms with Crippen molar-refractivity contribution in [2.24, 2.45) is 11.8 Å². The Bertz CT molecular complexity index is 747. The van der Waals surface area contributed by atoms with Crippen LogP contribution in [0.1, 0.15) is 58.9 Å². The molecule has 194 valence electrons. The molecule has 1 amide bonds. The number of hydrogen-bond acceptors (Lipinski definition) is 5. The van der Waals surface area contributed by atoms with E-state index in [9.17, 15) is 18.0 Å². The molecule has 2 N–H and O–H groups in total. The zero-order valence-electron chi connectivity index (χ0n) is 20.6. The first kappa shape index (κ1) is 28.2. The van der Waals surface area contributed by atoms with Crippen molar-refractivity contribution in [1.29, 1.82) is 0 Å². The smallest absolute Gasteiger partial charge is 0.416 e. The van der Waals surface area contributed by atoms with Gasteiger partial charge in [-0.2, -0.15) is 13.2 Å². The topological polar surface area (TPSA) is 73.2 Å². The van der Waals surface area contributed by atoms with Crippen LogP contribution >= 0.6 is 0 Å². The number of likely N-dealkylation sites (tertiary alicyclic amines) is 1. The largest absolute Gasteiger partial charge is 0.444 e. The molecule has 2 heterocycles. The van der Waals surface area contributed by atoms with E-state index in [1.165, 1.54) is 6.92 Å². The Hall–Kier alpha value is -2.00. The predicted molar refractivity (Wildman–Crippen MR) is 126 cm³/mol. The highest BCUT2D eigenvalue weighted by atomic mass is 19.4. The van der Waals surface area contributed by atoms with Crippen molar-refractivity contribution in [3.8, 4) is 0 Å². The van der Waals surface area contributed by atoms with Crippen molar-refractivity contribution in [3.63, 3.8) is 0 Å². The summed E-state index contributed by atoms with van der Waals surface area (Å²) in [4.78, 5) is 16.2. The average Bonchev–Trinajstić information content (AvgIpc) is 2.78. The molecular formula is C25H39F3N2O4. The number of nitrogens with zero attached hydrogens (tertiary/aromatic N) is 2. The lowest BCUT2D eigenvalue weighted by molar-refractivity contribution is -0.137. The van der Waals surface area contributed by atoms with Crippen LogP contribution in [-0.4, -0.2) is 65.7 Å². The van der Waals surface area contributed by atoms with Crippen molar-refractivity contribution < 1.29 is 32.9 Å². The van der Waals surface area contributed by atoms with Gasteiger partial charge in [-0.05, 0) is 89.5 Å². The summed E-state index contributed by atoms with van der Waals surface area (Å²) < 4.78 is 43.7. The average molecular weight is 489 g/mol. The van der Waals surface area contributed by atoms with Gasteiger partial charge in [-0.25, -0.2) is 4.79 Å². The highest BCUT2D eigenvalue weighted by molar-refractivity contribution is 5.68. The third-order valence-electron chi connectivity index (χ3n) is 6.22. The van der Waals surface area contributed by atoms with Gasteiger partial charge in [0.2, 0.25) is 0 Å². The number of ether oxygens (including phenoxy) is 1. The molecular weight excluding hydrogens is 449 g/mol. The molecule has 2 saturated heterocycles. The van der Waals surface area contributed by atoms with Crippen molar-refractivity contribution in [2.45, 2.75) is 71.3 Å². The molecule has 0 aromatic heterocycles. The second kappa shape index (κ2) is 12.1. The van der Waals surface area contributed by atoms with Crippen LogP contribution in [0.25, 0.3) is 0 Å². The Kier molecular flexibility index (Phi) is 10.1. The van der Waals surface area contributed by atoms with Gasteiger partial charge >= 0.3 is 12.3 Å². The maximum absolute atomic E-state index is 12.7. The Morgan fingerprint density at radius 2 is 1.44 bits per heavy atom. The van der Waals surface area contributed by atoms with Crippen LogP contribution < -0.4 is 4.90 Å². The number of alkyl halides is 3. The lowest BCUT2D eigenvalue weighted by Gasteiger charge is -2.41. The van der Waals surface area contributed by atoms with Crippen molar-refractivity contribution in [2.75, 3.05) is 37.7 Å². The number of carbonyl (C=O) groups is 1. The fraction of sp³-hybridized carbons (Fsp3) is 0.720. The third-order valence-corrected chi connectivity index (χ3v) is 6.22. The maximum atomic E-state index is 12.7. The molecule has 1 atom stereocenters. The Morgan fingerprint density at radius 3 is 1.82 bits per heavy atom. The number of carbonyl (C=O) groups excluding carboxylic acids is 1. The van der Waals surface area contributed by atoms with Crippen LogP contribution in [0.4, 0.5) is 23.7 Å². The molecule has 0 saturated carbocycles. The van der Waals surface area contributed by atoms with Gasteiger partial charge in [0, 0.05) is 31.9 Å². The lowest BCUT2D eigenvalue weighted by atomic mass is 9.79. The van der Waals surface area contributed by atoms with Gasteiger partial charge < -0.3 is 24.7 Å². The zero-order valence-corrected chi connectivity index (χ0v) is 20.6. The predicted octanol–water partition coefficient (Wildman–Crippen LogP) is 4.93. The molecule has 9 heteroatoms. The molecule has 1 aromatic rings. The van der Waals surface area contributed by atoms with E-state index in [0.29, 0.717) is 11.8 Å². The molecule has 0 spiro atoms. The molecule has 1 aromatic carbocycles. The van der Waals surface area contributed by atoms with E-state index in [2.05, 4.69) is 4.90 Å². The molecule has 0 bridgehead atoms. The lowest BCUT2D eigenvalue weighted by Crippen LogP contribution is -2.44. The number of hydrogen-bond donors (Lipinski definition) is 2. The monoisotopic (exact) mass is 488 g/mol. The van der Waals surface area contributed by atoms with E-state index in [1.54, 1.807) is 17.0 Å². The molecule has 3 rings (SSSR count). The normalized spacial score (nSPS) is 19.3. The van der Waals surface area contributed by atoms with Gasteiger partial charge in [0.15, 0.2) is 0 Å². The molecule has 0 aliphatic carbocycles. The van der Waals surface area contributed by atoms with Crippen LogP contribution in [0.5, 0.6) is 0 Å². The summed E-state index contributed by atoms with van der Waals surface area (Å²) in [6, 6.07) is 5.46. The number of anilines is 1. The van der Waals surface area contributed by atoms with Crippen molar-refractivity contribution in [3.05, 3.63) is 29.8 Å². The van der Waals surface area contributed by atoms with Crippen LogP contribution in [0.15, 0.2) is 24.3 Å². The standard InChI is InChI=1S/C22H31F3N2O2.C3H8O2/c1-21(2,3)29-20(28)27-14-10-17(11-15-27)16-8-12-26(13-9-16)19-6-4-18(5-7-19)22(23,24)25;1-3(5)2-4/h4-7,16-17H,8-15H2,1-3H3;3-5H,2H2,1H3. The second-order valence-corrected chi connectivity index (χ2v) is 10.2. The van der Waals surface area contributed by atoms with E-state index in [1.807, 2.05) is 20.8 Å². The Labute approximate surface area is 200 Å². The highest BCUT2D eigenvalue weighted by Gasteiger charge is 2.33. The van der Waals surface area contributed by atoms with E-state index in [-0.39, 0.29) is 12.7 Å². The van der Waals surface area contributed by atoms with Gasteiger partial charge in [-0.3, -0.25) is 0 Å². The highest BCUT2D eigenvalue weighted by Crippen LogP contribution is 2.35. The van der Waals surface area contributed by atoms with E-state index >= 15 is 0 Å². The fourth-order valence-corrected chi connectivity index (χ4v) is 4.37. The van der Waals surface area contributed by atoms with Crippen molar-refractivity contribution >= 4 is 11.8 Å². The number of aliphatic hydroxyl groups excluding tert-OH is 2. The minimum atomic E-state index is -4.29. The number of piperidine rings is 2. The molecule has 1 unspecified atom stereocenters. The Balaban J connectivity index is 0.000000739. The number of aliphatic hydroxyl groups is 2. The molecule has 34 heavy (non-hydrogen) atoms. The van der Waals surface area contributed by atoms with Crippen LogP contribution in [0.3, 0.4) is 0 Å². The SMILES string of the molecule is CC(C)(C)OC(=O)N1CCC(C2CCN(c3ccc(C(F)(F)F)cc3)CC2)CC1.CC(O)CO. The maximum Gasteiger partial charge on any atom is 0.416 e. The molecule has 6 nitrogen and oxygen atoms in total. The second-order valence-electron chi connectivity index (χ2n) is 10.2. The van der Waals surface area contributed by atoms with E-state index < -0.39 is 23.4 Å². The van der Waals surface area contributed by atoms with Gasteiger partial charge in [0.1, 0.15) is 5.60 Å². The first-order valence-corrected chi connectivity index (χ1v) is 12.0. The molecule has 0 radical (unpaired) electrons. The van der Waals surface area contributed by atoms with Crippen LogP contribution in [-0.2, 0) is 10.9 Å². The molecule has 2 aliphatic rings. The van der Waals surface area contributed by atoms with Gasteiger partial charge in [-0.1, -0.05) is 0 Å².